The number of H-pyrrole nitrogens is 1. The summed E-state index contributed by atoms with van der Waals surface area (Å²) < 4.78 is 1.67. The number of hydrogen-bond donors (Lipinski definition) is 1. The van der Waals surface area contributed by atoms with Gasteiger partial charge in [0.25, 0.3) is 5.91 Å². The quantitative estimate of drug-likeness (QED) is 0.805. The van der Waals surface area contributed by atoms with E-state index >= 15 is 0 Å². The summed E-state index contributed by atoms with van der Waals surface area (Å²) in [5.74, 6) is 0.574. The minimum absolute atomic E-state index is 0.0898. The van der Waals surface area contributed by atoms with Crippen LogP contribution in [-0.2, 0) is 13.5 Å². The number of aromatic amines is 1. The van der Waals surface area contributed by atoms with Crippen LogP contribution < -0.4 is 0 Å². The maximum Gasteiger partial charge on any atom is 0.257 e. The number of aryl methyl sites for hydroxylation is 1. The molecule has 1 atom stereocenters. The molecule has 0 radical (unpaired) electrons. The summed E-state index contributed by atoms with van der Waals surface area (Å²) >= 11 is 0. The summed E-state index contributed by atoms with van der Waals surface area (Å²) in [6.07, 6.45) is 10.5. The first-order valence-corrected chi connectivity index (χ1v) is 8.39. The number of amides is 1. The monoisotopic (exact) mass is 323 g/mol. The Morgan fingerprint density at radius 1 is 1.42 bits per heavy atom. The van der Waals surface area contributed by atoms with Crippen molar-refractivity contribution in [3.63, 3.8) is 0 Å². The van der Waals surface area contributed by atoms with E-state index in [2.05, 4.69) is 21.1 Å². The zero-order chi connectivity index (χ0) is 16.5. The summed E-state index contributed by atoms with van der Waals surface area (Å²) in [4.78, 5) is 22.2. The number of aromatic nitrogens is 4. The normalized spacial score (nSPS) is 18.2. The number of pyridine rings is 1. The molecule has 124 valence electrons. The van der Waals surface area contributed by atoms with Gasteiger partial charge in [0, 0.05) is 44.1 Å². The van der Waals surface area contributed by atoms with Crippen molar-refractivity contribution >= 4 is 16.9 Å². The highest BCUT2D eigenvalue weighted by molar-refractivity contribution is 5.93. The Bertz CT molecular complexity index is 865. The lowest BCUT2D eigenvalue weighted by atomic mass is 9.91. The lowest BCUT2D eigenvalue weighted by Gasteiger charge is -2.32. The topological polar surface area (TPSA) is 66.8 Å². The number of rotatable bonds is 3. The SMILES string of the molecule is Cn1cc(C(=O)N2CCCC(Cc3cnc4[nH]ccc4c3)C2)cn1. The number of fused-ring (bicyclic) bond motifs is 1. The van der Waals surface area contributed by atoms with Crippen molar-refractivity contribution in [3.05, 3.63) is 48.0 Å². The summed E-state index contributed by atoms with van der Waals surface area (Å²) in [7, 11) is 1.83. The van der Waals surface area contributed by atoms with E-state index in [4.69, 9.17) is 0 Å². The van der Waals surface area contributed by atoms with E-state index in [0.29, 0.717) is 11.5 Å². The summed E-state index contributed by atoms with van der Waals surface area (Å²) in [6, 6.07) is 4.24. The minimum atomic E-state index is 0.0898. The third-order valence-electron chi connectivity index (χ3n) is 4.74. The highest BCUT2D eigenvalue weighted by Crippen LogP contribution is 2.23. The second-order valence-electron chi connectivity index (χ2n) is 6.63. The number of nitrogens with one attached hydrogen (secondary N) is 1. The molecule has 3 aromatic rings. The summed E-state index contributed by atoms with van der Waals surface area (Å²) in [5.41, 5.74) is 2.84. The predicted octanol–water partition coefficient (Wildman–Crippen LogP) is 2.39. The number of hydrogen-bond acceptors (Lipinski definition) is 3. The molecule has 1 amide bonds. The highest BCUT2D eigenvalue weighted by atomic mass is 16.2. The van der Waals surface area contributed by atoms with Crippen LogP contribution in [0, 0.1) is 5.92 Å². The Balaban J connectivity index is 1.45. The largest absolute Gasteiger partial charge is 0.346 e. The van der Waals surface area contributed by atoms with Crippen LogP contribution in [0.5, 0.6) is 0 Å². The Hall–Kier alpha value is -2.63. The lowest BCUT2D eigenvalue weighted by Crippen LogP contribution is -2.40. The molecule has 0 saturated carbocycles. The summed E-state index contributed by atoms with van der Waals surface area (Å²) in [6.45, 7) is 1.64. The standard InChI is InChI=1S/C18H21N5O/c1-22-12-16(10-21-22)18(24)23-6-2-3-13(11-23)7-14-8-15-4-5-19-17(15)20-9-14/h4-5,8-10,12-13H,2-3,6-7,11H2,1H3,(H,19,20). The molecule has 0 aliphatic carbocycles. The van der Waals surface area contributed by atoms with E-state index in [-0.39, 0.29) is 5.91 Å². The summed E-state index contributed by atoms with van der Waals surface area (Å²) in [5, 5.41) is 5.25. The first-order valence-electron chi connectivity index (χ1n) is 8.39. The molecular weight excluding hydrogens is 302 g/mol. The van der Waals surface area contributed by atoms with E-state index in [0.717, 1.165) is 43.4 Å². The van der Waals surface area contributed by atoms with Gasteiger partial charge in [-0.15, -0.1) is 0 Å². The van der Waals surface area contributed by atoms with Gasteiger partial charge in [-0.05, 0) is 42.9 Å². The first-order chi connectivity index (χ1) is 11.7. The van der Waals surface area contributed by atoms with Crippen LogP contribution in [0.3, 0.4) is 0 Å². The van der Waals surface area contributed by atoms with Gasteiger partial charge in [-0.1, -0.05) is 0 Å². The maximum absolute atomic E-state index is 12.6. The first kappa shape index (κ1) is 14.9. The number of carbonyl (C=O) groups excluding carboxylic acids is 1. The molecule has 0 aromatic carbocycles. The highest BCUT2D eigenvalue weighted by Gasteiger charge is 2.25. The van der Waals surface area contributed by atoms with Crippen LogP contribution in [0.25, 0.3) is 11.0 Å². The molecule has 4 heterocycles. The molecule has 0 spiro atoms. The third kappa shape index (κ3) is 2.91. The number of carbonyl (C=O) groups is 1. The van der Waals surface area contributed by atoms with Gasteiger partial charge in [0.2, 0.25) is 0 Å². The van der Waals surface area contributed by atoms with Crippen molar-refractivity contribution in [3.8, 4) is 0 Å². The molecule has 1 saturated heterocycles. The third-order valence-corrected chi connectivity index (χ3v) is 4.74. The van der Waals surface area contributed by atoms with Gasteiger partial charge in [0.15, 0.2) is 0 Å². The Labute approximate surface area is 140 Å². The van der Waals surface area contributed by atoms with Crippen molar-refractivity contribution in [2.75, 3.05) is 13.1 Å². The van der Waals surface area contributed by atoms with Crippen LogP contribution >= 0.6 is 0 Å². The Kier molecular flexibility index (Phi) is 3.80. The Morgan fingerprint density at radius 2 is 2.33 bits per heavy atom. The van der Waals surface area contributed by atoms with E-state index in [1.165, 1.54) is 5.56 Å². The molecule has 1 fully saturated rings. The van der Waals surface area contributed by atoms with Crippen LogP contribution in [0.15, 0.2) is 36.9 Å². The molecule has 24 heavy (non-hydrogen) atoms. The predicted molar refractivity (Wildman–Crippen MR) is 91.6 cm³/mol. The van der Waals surface area contributed by atoms with Crippen molar-refractivity contribution in [1.82, 2.24) is 24.6 Å². The molecule has 4 rings (SSSR count). The fraction of sp³-hybridized carbons (Fsp3) is 0.389. The Morgan fingerprint density at radius 3 is 3.17 bits per heavy atom. The molecule has 1 aliphatic rings. The number of piperidine rings is 1. The molecular formula is C18H21N5O. The van der Waals surface area contributed by atoms with Crippen molar-refractivity contribution in [2.45, 2.75) is 19.3 Å². The average Bonchev–Trinajstić information content (AvgIpc) is 3.23. The minimum Gasteiger partial charge on any atom is -0.346 e. The van der Waals surface area contributed by atoms with Gasteiger partial charge >= 0.3 is 0 Å². The van der Waals surface area contributed by atoms with Crippen LogP contribution in [0.4, 0.5) is 0 Å². The van der Waals surface area contributed by atoms with Gasteiger partial charge in [-0.25, -0.2) is 4.98 Å². The zero-order valence-corrected chi connectivity index (χ0v) is 13.8. The second-order valence-corrected chi connectivity index (χ2v) is 6.63. The lowest BCUT2D eigenvalue weighted by molar-refractivity contribution is 0.0673. The fourth-order valence-electron chi connectivity index (χ4n) is 3.56. The molecule has 0 bridgehead atoms. The molecule has 1 unspecified atom stereocenters. The van der Waals surface area contributed by atoms with Gasteiger partial charge in [-0.3, -0.25) is 9.48 Å². The molecule has 1 aliphatic heterocycles. The average molecular weight is 323 g/mol. The molecule has 6 nitrogen and oxygen atoms in total. The molecule has 6 heteroatoms. The van der Waals surface area contributed by atoms with Gasteiger partial charge in [0.05, 0.1) is 11.8 Å². The van der Waals surface area contributed by atoms with Gasteiger partial charge in [0.1, 0.15) is 5.65 Å². The number of likely N-dealkylation sites (tertiary alicyclic amines) is 1. The fourth-order valence-corrected chi connectivity index (χ4v) is 3.56. The molecule has 1 N–H and O–H groups in total. The van der Waals surface area contributed by atoms with E-state index in [9.17, 15) is 4.79 Å². The van der Waals surface area contributed by atoms with Gasteiger partial charge < -0.3 is 9.88 Å². The van der Waals surface area contributed by atoms with Crippen molar-refractivity contribution in [1.29, 1.82) is 0 Å². The van der Waals surface area contributed by atoms with Crippen molar-refractivity contribution < 1.29 is 4.79 Å². The van der Waals surface area contributed by atoms with E-state index in [1.807, 2.05) is 30.4 Å². The van der Waals surface area contributed by atoms with E-state index < -0.39 is 0 Å². The number of nitrogens with zero attached hydrogens (tertiary/aromatic N) is 4. The van der Waals surface area contributed by atoms with Crippen LogP contribution in [-0.4, -0.2) is 43.6 Å². The van der Waals surface area contributed by atoms with Crippen LogP contribution in [0.2, 0.25) is 0 Å². The van der Waals surface area contributed by atoms with Gasteiger partial charge in [-0.2, -0.15) is 5.10 Å². The molecule has 3 aromatic heterocycles. The van der Waals surface area contributed by atoms with Crippen LogP contribution in [0.1, 0.15) is 28.8 Å². The maximum atomic E-state index is 12.6. The smallest absolute Gasteiger partial charge is 0.257 e. The van der Waals surface area contributed by atoms with E-state index in [1.54, 1.807) is 17.1 Å². The second kappa shape index (κ2) is 6.11. The zero-order valence-electron chi connectivity index (χ0n) is 13.8. The van der Waals surface area contributed by atoms with Crippen molar-refractivity contribution in [2.24, 2.45) is 13.0 Å².